The van der Waals surface area contributed by atoms with Crippen LogP contribution in [0.4, 0.5) is 34.1 Å². The second-order valence-electron chi connectivity index (χ2n) is 14.1. The molecule has 7 aromatic carbocycles. The molecule has 9 rings (SSSR count). The quantitative estimate of drug-likeness (QED) is 0.167. The first-order valence-electron chi connectivity index (χ1n) is 18.2. The van der Waals surface area contributed by atoms with Crippen LogP contribution in [0.25, 0.3) is 33.4 Å². The van der Waals surface area contributed by atoms with E-state index < -0.39 is 0 Å². The van der Waals surface area contributed by atoms with Gasteiger partial charge in [0.05, 0.1) is 11.4 Å². The average molecular weight is 682 g/mol. The number of para-hydroxylation sites is 2. The number of benzene rings is 7. The maximum atomic E-state index is 4.33. The fraction of sp³-hybridized carbons (Fsp3) is 0.0600. The van der Waals surface area contributed by atoms with Crippen molar-refractivity contribution in [2.24, 2.45) is 0 Å². The summed E-state index contributed by atoms with van der Waals surface area (Å²) in [5, 5.41) is 0. The van der Waals surface area contributed by atoms with E-state index in [2.05, 4.69) is 211 Å². The minimum Gasteiger partial charge on any atom is -0.311 e. The van der Waals surface area contributed by atoms with Crippen LogP contribution in [0.1, 0.15) is 25.0 Å². The summed E-state index contributed by atoms with van der Waals surface area (Å²) in [6, 6.07) is 67.7. The van der Waals surface area contributed by atoms with E-state index in [9.17, 15) is 0 Å². The maximum absolute atomic E-state index is 4.33. The van der Waals surface area contributed by atoms with Crippen LogP contribution in [-0.4, -0.2) is 4.98 Å². The van der Waals surface area contributed by atoms with Gasteiger partial charge in [-0.2, -0.15) is 0 Å². The first kappa shape index (κ1) is 32.2. The Bertz CT molecular complexity index is 2410. The zero-order chi connectivity index (χ0) is 35.8. The van der Waals surface area contributed by atoms with E-state index in [0.717, 1.165) is 33.9 Å². The van der Waals surface area contributed by atoms with Crippen LogP contribution in [0.3, 0.4) is 0 Å². The Balaban J connectivity index is 1.10. The Hall–Kier alpha value is -6.71. The van der Waals surface area contributed by atoms with Gasteiger partial charge in [0.2, 0.25) is 0 Å². The van der Waals surface area contributed by atoms with Crippen molar-refractivity contribution in [3.63, 3.8) is 0 Å². The number of aromatic nitrogens is 1. The Labute approximate surface area is 312 Å². The Morgan fingerprint density at radius 3 is 1.49 bits per heavy atom. The molecule has 0 bridgehead atoms. The first-order chi connectivity index (χ1) is 26.0. The highest BCUT2D eigenvalue weighted by atomic mass is 15.2. The van der Waals surface area contributed by atoms with Crippen LogP contribution in [0, 0.1) is 0 Å². The van der Waals surface area contributed by atoms with E-state index in [0.29, 0.717) is 0 Å². The summed E-state index contributed by atoms with van der Waals surface area (Å²) in [5.74, 6) is 0. The van der Waals surface area contributed by atoms with Crippen molar-refractivity contribution in [2.45, 2.75) is 19.3 Å². The van der Waals surface area contributed by atoms with Crippen molar-refractivity contribution in [3.8, 4) is 33.4 Å². The van der Waals surface area contributed by atoms with Gasteiger partial charge in [0.25, 0.3) is 0 Å². The minimum absolute atomic E-state index is 0.136. The number of nitrogens with zero attached hydrogens (tertiary/aromatic N) is 3. The van der Waals surface area contributed by atoms with Gasteiger partial charge in [0.15, 0.2) is 0 Å². The molecular formula is C50H39N3. The zero-order valence-corrected chi connectivity index (χ0v) is 29.9. The van der Waals surface area contributed by atoms with Crippen molar-refractivity contribution < 1.29 is 0 Å². The molecule has 0 fully saturated rings. The second-order valence-corrected chi connectivity index (χ2v) is 14.1. The third-order valence-corrected chi connectivity index (χ3v) is 10.6. The third-order valence-electron chi connectivity index (χ3n) is 10.6. The minimum atomic E-state index is -0.136. The monoisotopic (exact) mass is 681 g/mol. The third kappa shape index (κ3) is 5.96. The fourth-order valence-corrected chi connectivity index (χ4v) is 7.77. The van der Waals surface area contributed by atoms with Crippen molar-refractivity contribution in [2.75, 3.05) is 9.80 Å². The normalized spacial score (nSPS) is 12.8. The van der Waals surface area contributed by atoms with E-state index in [1.165, 1.54) is 44.8 Å². The molecule has 0 amide bonds. The van der Waals surface area contributed by atoms with Crippen molar-refractivity contribution >= 4 is 34.1 Å². The highest BCUT2D eigenvalue weighted by Crippen LogP contribution is 2.52. The number of anilines is 6. The molecule has 0 aliphatic carbocycles. The molecule has 254 valence electrons. The van der Waals surface area contributed by atoms with Gasteiger partial charge in [-0.1, -0.05) is 135 Å². The van der Waals surface area contributed by atoms with Crippen molar-refractivity contribution in [3.05, 3.63) is 212 Å². The number of rotatable bonds is 7. The molecule has 1 aliphatic rings. The van der Waals surface area contributed by atoms with Crippen LogP contribution in [0.15, 0.2) is 200 Å². The lowest BCUT2D eigenvalue weighted by molar-refractivity contribution is 0.632. The number of fused-ring (bicyclic) bond motifs is 2. The van der Waals surface area contributed by atoms with E-state index in [1.807, 2.05) is 18.5 Å². The molecule has 0 atom stereocenters. The Morgan fingerprint density at radius 1 is 0.415 bits per heavy atom. The van der Waals surface area contributed by atoms with Crippen molar-refractivity contribution in [1.29, 1.82) is 0 Å². The van der Waals surface area contributed by atoms with Gasteiger partial charge in [-0.05, 0) is 111 Å². The number of pyridine rings is 1. The van der Waals surface area contributed by atoms with Gasteiger partial charge in [-0.25, -0.2) is 0 Å². The van der Waals surface area contributed by atoms with Crippen LogP contribution in [0.5, 0.6) is 0 Å². The Kier molecular flexibility index (Phi) is 8.17. The van der Waals surface area contributed by atoms with E-state index >= 15 is 0 Å². The van der Waals surface area contributed by atoms with Crippen LogP contribution >= 0.6 is 0 Å². The van der Waals surface area contributed by atoms with Gasteiger partial charge in [0.1, 0.15) is 0 Å². The molecule has 0 spiro atoms. The lowest BCUT2D eigenvalue weighted by atomic mass is 9.73. The molecule has 3 heteroatoms. The second kappa shape index (κ2) is 13.4. The van der Waals surface area contributed by atoms with Crippen molar-refractivity contribution in [1.82, 2.24) is 4.98 Å². The molecular weight excluding hydrogens is 643 g/mol. The summed E-state index contributed by atoms with van der Waals surface area (Å²) in [6.07, 6.45) is 3.72. The summed E-state index contributed by atoms with van der Waals surface area (Å²) in [7, 11) is 0. The standard InChI is InChI=1S/C50H39N3/c1-50(2)46-17-9-10-18-48(46)53(42-15-7-4-8-16-42)49-34-40(25-32-47(49)50)38-21-28-44(29-22-38)52(43-26-19-37(20-27-43)36-12-5-3-6-13-36)45-30-23-39(24-31-45)41-14-11-33-51-35-41/h3-35H,1-2H3. The molecule has 0 saturated heterocycles. The summed E-state index contributed by atoms with van der Waals surface area (Å²) in [5.41, 5.74) is 16.4. The number of hydrogen-bond donors (Lipinski definition) is 0. The molecule has 0 saturated carbocycles. The summed E-state index contributed by atoms with van der Waals surface area (Å²) >= 11 is 0. The predicted octanol–water partition coefficient (Wildman–Crippen LogP) is 13.7. The molecule has 3 nitrogen and oxygen atoms in total. The fourth-order valence-electron chi connectivity index (χ4n) is 7.77. The summed E-state index contributed by atoms with van der Waals surface area (Å²) < 4.78 is 0. The largest absolute Gasteiger partial charge is 0.311 e. The molecule has 0 N–H and O–H groups in total. The van der Waals surface area contributed by atoms with Gasteiger partial charge in [-0.15, -0.1) is 0 Å². The SMILES string of the molecule is CC1(C)c2ccccc2N(c2ccccc2)c2cc(-c3ccc(N(c4ccc(-c5ccccc5)cc4)c4ccc(-c5cccnc5)cc4)cc3)ccc21. The smallest absolute Gasteiger partial charge is 0.0508 e. The summed E-state index contributed by atoms with van der Waals surface area (Å²) in [4.78, 5) is 9.08. The van der Waals surface area contributed by atoms with Gasteiger partial charge in [-0.3, -0.25) is 4.98 Å². The maximum Gasteiger partial charge on any atom is 0.0508 e. The van der Waals surface area contributed by atoms with Gasteiger partial charge in [0, 0.05) is 40.6 Å². The lowest BCUT2D eigenvalue weighted by Gasteiger charge is -2.42. The summed E-state index contributed by atoms with van der Waals surface area (Å²) in [6.45, 7) is 4.68. The molecule has 8 aromatic rings. The highest BCUT2D eigenvalue weighted by molar-refractivity contribution is 5.89. The predicted molar refractivity (Wildman–Crippen MR) is 222 cm³/mol. The van der Waals surface area contributed by atoms with E-state index in [4.69, 9.17) is 0 Å². The van der Waals surface area contributed by atoms with Crippen LogP contribution in [-0.2, 0) is 5.41 Å². The number of hydrogen-bond acceptors (Lipinski definition) is 3. The van der Waals surface area contributed by atoms with E-state index in [1.54, 1.807) is 0 Å². The first-order valence-corrected chi connectivity index (χ1v) is 18.2. The van der Waals surface area contributed by atoms with Gasteiger partial charge < -0.3 is 9.80 Å². The topological polar surface area (TPSA) is 19.4 Å². The average Bonchev–Trinajstić information content (AvgIpc) is 3.23. The highest BCUT2D eigenvalue weighted by Gasteiger charge is 2.36. The van der Waals surface area contributed by atoms with Crippen LogP contribution < -0.4 is 9.80 Å². The Morgan fingerprint density at radius 2 is 0.887 bits per heavy atom. The van der Waals surface area contributed by atoms with Crippen LogP contribution in [0.2, 0.25) is 0 Å². The molecule has 1 aliphatic heterocycles. The molecule has 0 unspecified atom stereocenters. The molecule has 0 radical (unpaired) electrons. The van der Waals surface area contributed by atoms with E-state index in [-0.39, 0.29) is 5.41 Å². The zero-order valence-electron chi connectivity index (χ0n) is 29.9. The molecule has 53 heavy (non-hydrogen) atoms. The lowest BCUT2D eigenvalue weighted by Crippen LogP contribution is -2.30. The molecule has 1 aromatic heterocycles. The molecule has 2 heterocycles. The van der Waals surface area contributed by atoms with Gasteiger partial charge >= 0.3 is 0 Å².